The Bertz CT molecular complexity index is 116. The van der Waals surface area contributed by atoms with Crippen LogP contribution >= 0.6 is 0 Å². The molecule has 0 unspecified atom stereocenters. The number of allylic oxidation sites excluding steroid dienone is 1. The van der Waals surface area contributed by atoms with Gasteiger partial charge in [0.1, 0.15) is 5.76 Å². The minimum atomic E-state index is -0.622. The Balaban J connectivity index is 3.90. The highest BCUT2D eigenvalue weighted by molar-refractivity contribution is 6.61. The summed E-state index contributed by atoms with van der Waals surface area (Å²) in [7, 11) is 1.05. The molecule has 0 heterocycles. The van der Waals surface area contributed by atoms with Crippen LogP contribution in [0.5, 0.6) is 0 Å². The summed E-state index contributed by atoms with van der Waals surface area (Å²) in [5.41, 5.74) is 2.16. The molecule has 0 amide bonds. The Morgan fingerprint density at radius 2 is 2.11 bits per heavy atom. The fourth-order valence-corrected chi connectivity index (χ4v) is 1.48. The second-order valence-corrected chi connectivity index (χ2v) is 5.04. The highest BCUT2D eigenvalue weighted by Gasteiger charge is 1.91. The molecule has 0 aliphatic carbocycles. The van der Waals surface area contributed by atoms with Crippen molar-refractivity contribution in [3.8, 4) is 0 Å². The molecule has 9 heavy (non-hydrogen) atoms. The third-order valence-electron chi connectivity index (χ3n) is 0.934. The molecular weight excluding hydrogens is 128 g/mol. The van der Waals surface area contributed by atoms with Crippen LogP contribution in [0.15, 0.2) is 24.1 Å². The van der Waals surface area contributed by atoms with Gasteiger partial charge in [0.05, 0.1) is 15.9 Å². The highest BCUT2D eigenvalue weighted by Crippen LogP contribution is 1.97. The monoisotopic (exact) mass is 142 g/mol. The van der Waals surface area contributed by atoms with Crippen molar-refractivity contribution in [3.05, 3.63) is 24.1 Å². The lowest BCUT2D eigenvalue weighted by Gasteiger charge is -1.99. The van der Waals surface area contributed by atoms with Crippen molar-refractivity contribution in [1.29, 1.82) is 0 Å². The largest absolute Gasteiger partial charge is 0.498 e. The van der Waals surface area contributed by atoms with Crippen LogP contribution in [0.25, 0.3) is 0 Å². The Hall–Kier alpha value is -0.503. The van der Waals surface area contributed by atoms with E-state index in [4.69, 9.17) is 4.74 Å². The summed E-state index contributed by atoms with van der Waals surface area (Å²) < 4.78 is 4.99. The lowest BCUT2D eigenvalue weighted by molar-refractivity contribution is 0.308. The summed E-state index contributed by atoms with van der Waals surface area (Å²) in [5, 5.41) is 0. The van der Waals surface area contributed by atoms with Crippen molar-refractivity contribution >= 4 is 8.80 Å². The Kier molecular flexibility index (Phi) is 4.14. The zero-order chi connectivity index (χ0) is 7.28. The third-order valence-corrected chi connectivity index (χ3v) is 1.93. The molecule has 0 aromatic carbocycles. The second kappa shape index (κ2) is 4.38. The van der Waals surface area contributed by atoms with Crippen LogP contribution in [0.1, 0.15) is 0 Å². The summed E-state index contributed by atoms with van der Waals surface area (Å²) in [4.78, 5) is 0. The lowest BCUT2D eigenvalue weighted by atomic mass is 10.6. The van der Waals surface area contributed by atoms with E-state index in [1.807, 2.05) is 0 Å². The van der Waals surface area contributed by atoms with Gasteiger partial charge >= 0.3 is 0 Å². The average molecular weight is 142 g/mol. The number of methoxy groups -OCH3 is 1. The molecule has 0 saturated heterocycles. The van der Waals surface area contributed by atoms with Gasteiger partial charge in [0.25, 0.3) is 0 Å². The highest BCUT2D eigenvalue weighted by atomic mass is 28.3. The fourth-order valence-electron chi connectivity index (χ4n) is 0.548. The quantitative estimate of drug-likeness (QED) is 0.331. The smallest absolute Gasteiger partial charge is 0.110 e. The van der Waals surface area contributed by atoms with Gasteiger partial charge in [0.15, 0.2) is 0 Å². The van der Waals surface area contributed by atoms with Crippen molar-refractivity contribution in [1.82, 2.24) is 0 Å². The van der Waals surface area contributed by atoms with Crippen molar-refractivity contribution in [2.45, 2.75) is 13.1 Å². The molecule has 2 heteroatoms. The summed E-state index contributed by atoms with van der Waals surface area (Å²) >= 11 is 0. The van der Waals surface area contributed by atoms with Gasteiger partial charge in [-0.3, -0.25) is 0 Å². The summed E-state index contributed by atoms with van der Waals surface area (Å²) in [6.07, 6.45) is 1.74. The van der Waals surface area contributed by atoms with Crippen LogP contribution in [-0.2, 0) is 4.74 Å². The molecule has 0 bridgehead atoms. The zero-order valence-corrected chi connectivity index (χ0v) is 7.50. The van der Waals surface area contributed by atoms with E-state index in [1.165, 1.54) is 0 Å². The molecule has 0 spiro atoms. The first-order valence-electron chi connectivity index (χ1n) is 3.09. The van der Waals surface area contributed by atoms with Crippen LogP contribution < -0.4 is 0 Å². The first kappa shape index (κ1) is 8.50. The molecule has 0 rings (SSSR count). The number of ether oxygens (including phenoxy) is 1. The third kappa shape index (κ3) is 4.03. The molecule has 0 atom stereocenters. The van der Waals surface area contributed by atoms with E-state index in [2.05, 4.69) is 25.4 Å². The molecule has 0 N–H and O–H groups in total. The molecule has 0 saturated carbocycles. The topological polar surface area (TPSA) is 9.23 Å². The van der Waals surface area contributed by atoms with E-state index in [-0.39, 0.29) is 0 Å². The van der Waals surface area contributed by atoms with Gasteiger partial charge in [-0.15, -0.1) is 0 Å². The molecule has 0 aromatic rings. The molecule has 1 nitrogen and oxygen atoms in total. The Morgan fingerprint density at radius 1 is 1.56 bits per heavy atom. The molecule has 0 fully saturated rings. The fraction of sp³-hybridized carbons (Fsp3) is 0.429. The van der Waals surface area contributed by atoms with Crippen LogP contribution in [0.2, 0.25) is 13.1 Å². The van der Waals surface area contributed by atoms with Gasteiger partial charge in [-0.05, 0) is 6.08 Å². The minimum absolute atomic E-state index is 0.622. The maximum atomic E-state index is 4.99. The van der Waals surface area contributed by atoms with Crippen LogP contribution in [0.3, 0.4) is 0 Å². The van der Waals surface area contributed by atoms with Crippen LogP contribution in [0.4, 0.5) is 0 Å². The number of hydrogen-bond acceptors (Lipinski definition) is 1. The Labute approximate surface area is 58.6 Å². The normalized spacial score (nSPS) is 11.8. The lowest BCUT2D eigenvalue weighted by Crippen LogP contribution is -1.96. The van der Waals surface area contributed by atoms with Gasteiger partial charge in [0, 0.05) is 0 Å². The predicted molar refractivity (Wildman–Crippen MR) is 44.2 cm³/mol. The first-order chi connectivity index (χ1) is 4.20. The SMILES string of the molecule is C=C/C(=C\[SiH](C)C)OC. The van der Waals surface area contributed by atoms with E-state index in [0.29, 0.717) is 0 Å². The van der Waals surface area contributed by atoms with Crippen molar-refractivity contribution in [2.24, 2.45) is 0 Å². The van der Waals surface area contributed by atoms with Gasteiger partial charge in [-0.25, -0.2) is 0 Å². The van der Waals surface area contributed by atoms with Crippen molar-refractivity contribution < 1.29 is 4.74 Å². The molecule has 0 radical (unpaired) electrons. The number of hydrogen-bond donors (Lipinski definition) is 0. The molecule has 0 aliphatic rings. The molecule has 0 aromatic heterocycles. The zero-order valence-electron chi connectivity index (χ0n) is 6.35. The van der Waals surface area contributed by atoms with Gasteiger partial charge in [0.2, 0.25) is 0 Å². The summed E-state index contributed by atoms with van der Waals surface area (Å²) in [6, 6.07) is 0. The maximum absolute atomic E-state index is 4.99. The molecule has 52 valence electrons. The van der Waals surface area contributed by atoms with E-state index < -0.39 is 8.80 Å². The predicted octanol–water partition coefficient (Wildman–Crippen LogP) is 1.73. The maximum Gasteiger partial charge on any atom is 0.110 e. The summed E-state index contributed by atoms with van der Waals surface area (Å²) in [5.74, 6) is 0.914. The van der Waals surface area contributed by atoms with Gasteiger partial charge in [-0.2, -0.15) is 0 Å². The van der Waals surface area contributed by atoms with E-state index >= 15 is 0 Å². The van der Waals surface area contributed by atoms with Crippen molar-refractivity contribution in [2.75, 3.05) is 7.11 Å². The molecule has 0 aliphatic heterocycles. The van der Waals surface area contributed by atoms with Crippen molar-refractivity contribution in [3.63, 3.8) is 0 Å². The van der Waals surface area contributed by atoms with E-state index in [9.17, 15) is 0 Å². The summed E-state index contributed by atoms with van der Waals surface area (Å²) in [6.45, 7) is 8.09. The van der Waals surface area contributed by atoms with Crippen LogP contribution in [-0.4, -0.2) is 15.9 Å². The number of rotatable bonds is 3. The average Bonchev–Trinajstić information content (AvgIpc) is 1.82. The van der Waals surface area contributed by atoms with Gasteiger partial charge < -0.3 is 4.74 Å². The first-order valence-corrected chi connectivity index (χ1v) is 6.06. The van der Waals surface area contributed by atoms with Crippen LogP contribution in [0, 0.1) is 0 Å². The Morgan fingerprint density at radius 3 is 2.22 bits per heavy atom. The second-order valence-electron chi connectivity index (χ2n) is 2.22. The van der Waals surface area contributed by atoms with E-state index in [0.717, 1.165) is 5.76 Å². The van der Waals surface area contributed by atoms with E-state index in [1.54, 1.807) is 13.2 Å². The minimum Gasteiger partial charge on any atom is -0.498 e. The molecular formula is C7H14OSi. The van der Waals surface area contributed by atoms with Gasteiger partial charge in [-0.1, -0.05) is 25.4 Å². The standard InChI is InChI=1S/C7H14OSi/c1-5-7(8-2)6-9(3)4/h5-6,9H,1H2,2-4H3/b7-6+.